The minimum Gasteiger partial charge on any atom is -0.310 e. The molecule has 0 radical (unpaired) electrons. The molecule has 0 N–H and O–H groups in total. The Morgan fingerprint density at radius 3 is 2.50 bits per heavy atom. The molecule has 3 rings (SSSR count). The Labute approximate surface area is 136 Å². The quantitative estimate of drug-likeness (QED) is 0.858. The van der Waals surface area contributed by atoms with Crippen LogP contribution in [0.1, 0.15) is 24.6 Å². The Kier molecular flexibility index (Phi) is 4.90. The van der Waals surface area contributed by atoms with Crippen molar-refractivity contribution in [3.8, 4) is 0 Å². The van der Waals surface area contributed by atoms with Crippen LogP contribution in [-0.2, 0) is 11.3 Å². The van der Waals surface area contributed by atoms with Crippen molar-refractivity contribution in [1.29, 1.82) is 0 Å². The van der Waals surface area contributed by atoms with Crippen LogP contribution in [-0.4, -0.2) is 29.9 Å². The van der Waals surface area contributed by atoms with Crippen molar-refractivity contribution in [3.63, 3.8) is 0 Å². The summed E-state index contributed by atoms with van der Waals surface area (Å²) in [6.07, 6.45) is 2.08. The number of piperidine rings is 1. The normalized spacial score (nSPS) is 16.6. The first-order valence-corrected chi connectivity index (χ1v) is 8.71. The zero-order valence-corrected chi connectivity index (χ0v) is 13.8. The highest BCUT2D eigenvalue weighted by molar-refractivity contribution is 7.09. The lowest BCUT2D eigenvalue weighted by atomic mass is 10.0. The van der Waals surface area contributed by atoms with Gasteiger partial charge in [0.05, 0.1) is 0 Å². The van der Waals surface area contributed by atoms with E-state index in [2.05, 4.69) is 22.4 Å². The molecule has 1 aliphatic rings. The molecule has 0 aliphatic carbocycles. The Hall–Kier alpha value is -1.65. The van der Waals surface area contributed by atoms with E-state index in [1.54, 1.807) is 6.92 Å². The van der Waals surface area contributed by atoms with Crippen molar-refractivity contribution < 1.29 is 4.79 Å². The minimum atomic E-state index is 0.142. The molecule has 1 aliphatic heterocycles. The van der Waals surface area contributed by atoms with Gasteiger partial charge in [-0.25, -0.2) is 0 Å². The van der Waals surface area contributed by atoms with E-state index >= 15 is 0 Å². The average molecular weight is 314 g/mol. The lowest BCUT2D eigenvalue weighted by Crippen LogP contribution is -2.46. The highest BCUT2D eigenvalue weighted by atomic mass is 32.1. The summed E-state index contributed by atoms with van der Waals surface area (Å²) >= 11 is 1.82. The molecule has 3 nitrogen and oxygen atoms in total. The molecule has 1 fully saturated rings. The van der Waals surface area contributed by atoms with E-state index in [-0.39, 0.29) is 5.91 Å². The van der Waals surface area contributed by atoms with Crippen LogP contribution in [0, 0.1) is 0 Å². The molecule has 2 aromatic rings. The number of benzene rings is 1. The number of amides is 1. The highest BCUT2D eigenvalue weighted by Gasteiger charge is 2.27. The number of anilines is 1. The van der Waals surface area contributed by atoms with E-state index < -0.39 is 0 Å². The van der Waals surface area contributed by atoms with Gasteiger partial charge in [0.2, 0.25) is 5.91 Å². The van der Waals surface area contributed by atoms with Gasteiger partial charge in [-0.05, 0) is 36.4 Å². The second-order valence-electron chi connectivity index (χ2n) is 5.81. The molecule has 22 heavy (non-hydrogen) atoms. The molecule has 1 amide bonds. The molecular weight excluding hydrogens is 292 g/mol. The smallest absolute Gasteiger partial charge is 0.224 e. The van der Waals surface area contributed by atoms with Crippen molar-refractivity contribution >= 4 is 22.9 Å². The van der Waals surface area contributed by atoms with E-state index in [0.717, 1.165) is 38.2 Å². The Morgan fingerprint density at radius 1 is 1.18 bits per heavy atom. The van der Waals surface area contributed by atoms with Crippen LogP contribution in [0.5, 0.6) is 0 Å². The van der Waals surface area contributed by atoms with Crippen LogP contribution >= 0.6 is 11.3 Å². The number of hydrogen-bond acceptors (Lipinski definition) is 3. The third kappa shape index (κ3) is 3.57. The molecule has 1 saturated heterocycles. The first-order chi connectivity index (χ1) is 10.7. The Bertz CT molecular complexity index is 589. The van der Waals surface area contributed by atoms with Gasteiger partial charge in [0.15, 0.2) is 0 Å². The number of carbonyl (C=O) groups is 1. The molecule has 0 spiro atoms. The van der Waals surface area contributed by atoms with Crippen LogP contribution in [0.2, 0.25) is 0 Å². The lowest BCUT2D eigenvalue weighted by Gasteiger charge is -2.38. The molecule has 0 bridgehead atoms. The summed E-state index contributed by atoms with van der Waals surface area (Å²) in [5.41, 5.74) is 1.02. The largest absolute Gasteiger partial charge is 0.310 e. The molecule has 0 saturated carbocycles. The third-order valence-electron chi connectivity index (χ3n) is 4.26. The first kappa shape index (κ1) is 15.3. The molecule has 116 valence electrons. The topological polar surface area (TPSA) is 23.6 Å². The molecular formula is C18H22N2OS. The SMILES string of the molecule is CC(=O)N(c1ccccc1)C1CCN(Cc2cccs2)CC1. The predicted octanol–water partition coefficient (Wildman–Crippen LogP) is 3.77. The van der Waals surface area contributed by atoms with Gasteiger partial charge >= 0.3 is 0 Å². The van der Waals surface area contributed by atoms with E-state index in [1.807, 2.05) is 46.6 Å². The van der Waals surface area contributed by atoms with Gasteiger partial charge < -0.3 is 4.90 Å². The summed E-state index contributed by atoms with van der Waals surface area (Å²) < 4.78 is 0. The van der Waals surface area contributed by atoms with E-state index in [4.69, 9.17) is 0 Å². The van der Waals surface area contributed by atoms with Crippen LogP contribution < -0.4 is 4.90 Å². The van der Waals surface area contributed by atoms with Crippen LogP contribution in [0.15, 0.2) is 47.8 Å². The summed E-state index contributed by atoms with van der Waals surface area (Å²) in [6.45, 7) is 4.82. The van der Waals surface area contributed by atoms with Gasteiger partial charge in [-0.15, -0.1) is 11.3 Å². The van der Waals surface area contributed by atoms with Crippen LogP contribution in [0.4, 0.5) is 5.69 Å². The maximum absolute atomic E-state index is 12.1. The maximum atomic E-state index is 12.1. The van der Waals surface area contributed by atoms with Crippen LogP contribution in [0.25, 0.3) is 0 Å². The van der Waals surface area contributed by atoms with E-state index in [9.17, 15) is 4.79 Å². The molecule has 1 aromatic heterocycles. The van der Waals surface area contributed by atoms with Gasteiger partial charge in [0.25, 0.3) is 0 Å². The number of likely N-dealkylation sites (tertiary alicyclic amines) is 1. The first-order valence-electron chi connectivity index (χ1n) is 7.83. The number of carbonyl (C=O) groups excluding carboxylic acids is 1. The standard InChI is InChI=1S/C18H22N2OS/c1-15(21)20(16-6-3-2-4-7-16)17-9-11-19(12-10-17)14-18-8-5-13-22-18/h2-8,13,17H,9-12,14H2,1H3. The van der Waals surface area contributed by atoms with Crippen molar-refractivity contribution in [2.45, 2.75) is 32.4 Å². The van der Waals surface area contributed by atoms with Crippen molar-refractivity contribution in [2.24, 2.45) is 0 Å². The predicted molar refractivity (Wildman–Crippen MR) is 92.2 cm³/mol. The van der Waals surface area contributed by atoms with E-state index in [1.165, 1.54) is 4.88 Å². The maximum Gasteiger partial charge on any atom is 0.224 e. The van der Waals surface area contributed by atoms with E-state index in [0.29, 0.717) is 6.04 Å². The number of nitrogens with zero attached hydrogens (tertiary/aromatic N) is 2. The monoisotopic (exact) mass is 314 g/mol. The fourth-order valence-electron chi connectivity index (χ4n) is 3.20. The van der Waals surface area contributed by atoms with Crippen molar-refractivity contribution in [2.75, 3.05) is 18.0 Å². The summed E-state index contributed by atoms with van der Waals surface area (Å²) in [5.74, 6) is 0.142. The summed E-state index contributed by atoms with van der Waals surface area (Å²) in [7, 11) is 0. The molecule has 0 unspecified atom stereocenters. The molecule has 4 heteroatoms. The third-order valence-corrected chi connectivity index (χ3v) is 5.12. The fourth-order valence-corrected chi connectivity index (χ4v) is 3.94. The number of rotatable bonds is 4. The number of para-hydroxylation sites is 1. The average Bonchev–Trinajstić information content (AvgIpc) is 3.03. The minimum absolute atomic E-state index is 0.142. The van der Waals surface area contributed by atoms with Gasteiger partial charge in [-0.1, -0.05) is 24.3 Å². The Balaban J connectivity index is 1.62. The summed E-state index contributed by atoms with van der Waals surface area (Å²) in [5, 5.41) is 2.13. The van der Waals surface area contributed by atoms with Crippen LogP contribution in [0.3, 0.4) is 0 Å². The highest BCUT2D eigenvalue weighted by Crippen LogP contribution is 2.25. The van der Waals surface area contributed by atoms with Gasteiger partial charge in [0, 0.05) is 43.2 Å². The lowest BCUT2D eigenvalue weighted by molar-refractivity contribution is -0.117. The second-order valence-corrected chi connectivity index (χ2v) is 6.84. The zero-order chi connectivity index (χ0) is 15.4. The molecule has 2 heterocycles. The van der Waals surface area contributed by atoms with Crippen molar-refractivity contribution in [3.05, 3.63) is 52.7 Å². The second kappa shape index (κ2) is 7.07. The number of hydrogen-bond donors (Lipinski definition) is 0. The summed E-state index contributed by atoms with van der Waals surface area (Å²) in [4.78, 5) is 18.0. The van der Waals surface area contributed by atoms with Gasteiger partial charge in [0.1, 0.15) is 0 Å². The number of thiophene rings is 1. The van der Waals surface area contributed by atoms with Crippen molar-refractivity contribution in [1.82, 2.24) is 4.90 Å². The fraction of sp³-hybridized carbons (Fsp3) is 0.389. The zero-order valence-electron chi connectivity index (χ0n) is 12.9. The molecule has 0 atom stereocenters. The molecule has 1 aromatic carbocycles. The Morgan fingerprint density at radius 2 is 1.91 bits per heavy atom. The van der Waals surface area contributed by atoms with Gasteiger partial charge in [-0.3, -0.25) is 9.69 Å². The van der Waals surface area contributed by atoms with Gasteiger partial charge in [-0.2, -0.15) is 0 Å². The summed E-state index contributed by atoms with van der Waals surface area (Å²) in [6, 6.07) is 14.7.